The molecule has 156 valence electrons. The maximum absolute atomic E-state index is 14.0. The smallest absolute Gasteiger partial charge is 0.387 e. The second-order valence-electron chi connectivity index (χ2n) is 8.45. The third-order valence-corrected chi connectivity index (χ3v) is 6.81. The van der Waals surface area contributed by atoms with Gasteiger partial charge in [-0.25, -0.2) is 8.78 Å². The van der Waals surface area contributed by atoms with E-state index in [1.165, 1.54) is 32.1 Å². The molecule has 1 aromatic rings. The first-order chi connectivity index (χ1) is 13.5. The summed E-state index contributed by atoms with van der Waals surface area (Å²) in [7, 11) is 0. The van der Waals surface area contributed by atoms with E-state index in [1.54, 1.807) is 0 Å². The highest BCUT2D eigenvalue weighted by molar-refractivity contribution is 5.33. The lowest BCUT2D eigenvalue weighted by Gasteiger charge is -2.38. The summed E-state index contributed by atoms with van der Waals surface area (Å²) in [6.07, 6.45) is 13.5. The molecule has 3 rings (SSSR count). The Bertz CT molecular complexity index is 621. The molecule has 2 saturated carbocycles. The Balaban J connectivity index is 1.52. The maximum Gasteiger partial charge on any atom is 0.387 e. The van der Waals surface area contributed by atoms with Gasteiger partial charge >= 0.3 is 6.61 Å². The zero-order valence-corrected chi connectivity index (χ0v) is 16.3. The number of hydrogen-bond donors (Lipinski definition) is 0. The van der Waals surface area contributed by atoms with Crippen LogP contribution < -0.4 is 4.74 Å². The molecule has 2 aliphatic rings. The van der Waals surface area contributed by atoms with E-state index >= 15 is 0 Å². The average molecular weight is 398 g/mol. The van der Waals surface area contributed by atoms with Crippen molar-refractivity contribution in [1.29, 1.82) is 0 Å². The molecule has 0 spiro atoms. The fourth-order valence-electron chi connectivity index (χ4n) is 5.24. The lowest BCUT2D eigenvalue weighted by atomic mass is 9.68. The first-order valence-corrected chi connectivity index (χ1v) is 10.5. The van der Waals surface area contributed by atoms with E-state index in [4.69, 9.17) is 0 Å². The molecule has 2 aliphatic carbocycles. The van der Waals surface area contributed by atoms with Crippen molar-refractivity contribution < 1.29 is 22.3 Å². The largest absolute Gasteiger partial charge is 0.429 e. The minimum absolute atomic E-state index is 0.0878. The van der Waals surface area contributed by atoms with Gasteiger partial charge in [0.25, 0.3) is 0 Å². The standard InChI is InChI=1S/C23H30F4O/c1-2-3-4-15-5-7-16(8-6-15)17-9-11-18(12-10-17)19-13-20(24)22(21(25)14-19)28-23(26)27/h2,13-18,23H,1,3-12H2. The molecule has 0 aromatic heterocycles. The highest BCUT2D eigenvalue weighted by Crippen LogP contribution is 2.45. The van der Waals surface area contributed by atoms with E-state index in [0.717, 1.165) is 56.1 Å². The Morgan fingerprint density at radius 1 is 0.929 bits per heavy atom. The minimum Gasteiger partial charge on any atom is -0.429 e. The number of allylic oxidation sites excluding steroid dienone is 1. The molecule has 0 amide bonds. The molecule has 0 aliphatic heterocycles. The molecule has 0 bridgehead atoms. The van der Waals surface area contributed by atoms with Gasteiger partial charge < -0.3 is 4.74 Å². The monoisotopic (exact) mass is 398 g/mol. The number of hydrogen-bond acceptors (Lipinski definition) is 1. The summed E-state index contributed by atoms with van der Waals surface area (Å²) in [6.45, 7) is 0.568. The molecule has 0 heterocycles. The van der Waals surface area contributed by atoms with Crippen molar-refractivity contribution in [2.24, 2.45) is 17.8 Å². The lowest BCUT2D eigenvalue weighted by molar-refractivity contribution is -0.0546. The second-order valence-corrected chi connectivity index (χ2v) is 8.45. The lowest BCUT2D eigenvalue weighted by Crippen LogP contribution is -2.25. The zero-order chi connectivity index (χ0) is 20.1. The number of halogens is 4. The highest BCUT2D eigenvalue weighted by atomic mass is 19.3. The third kappa shape index (κ3) is 5.30. The van der Waals surface area contributed by atoms with Crippen molar-refractivity contribution in [3.05, 3.63) is 42.0 Å². The van der Waals surface area contributed by atoms with Crippen LogP contribution in [0.4, 0.5) is 17.6 Å². The van der Waals surface area contributed by atoms with Gasteiger partial charge in [0.15, 0.2) is 17.4 Å². The van der Waals surface area contributed by atoms with Crippen LogP contribution in [0.5, 0.6) is 5.75 Å². The SMILES string of the molecule is C=CCCC1CCC(C2CCC(c3cc(F)c(OC(F)F)c(F)c3)CC2)CC1. The van der Waals surface area contributed by atoms with Crippen LogP contribution in [0.15, 0.2) is 24.8 Å². The van der Waals surface area contributed by atoms with Gasteiger partial charge in [0.1, 0.15) is 0 Å². The third-order valence-electron chi connectivity index (χ3n) is 6.81. The summed E-state index contributed by atoms with van der Waals surface area (Å²) in [5.41, 5.74) is 0.559. The van der Waals surface area contributed by atoms with Gasteiger partial charge in [-0.2, -0.15) is 8.78 Å². The molecule has 0 N–H and O–H groups in total. The quantitative estimate of drug-likeness (QED) is 0.339. The molecule has 0 unspecified atom stereocenters. The fourth-order valence-corrected chi connectivity index (χ4v) is 5.24. The van der Waals surface area contributed by atoms with Crippen molar-refractivity contribution in [2.75, 3.05) is 0 Å². The summed E-state index contributed by atoms with van der Waals surface area (Å²) in [5.74, 6) is -0.676. The summed E-state index contributed by atoms with van der Waals surface area (Å²) >= 11 is 0. The van der Waals surface area contributed by atoms with Crippen LogP contribution in [0.25, 0.3) is 0 Å². The highest BCUT2D eigenvalue weighted by Gasteiger charge is 2.31. The Kier molecular flexibility index (Phi) is 7.42. The number of benzene rings is 1. The van der Waals surface area contributed by atoms with Crippen LogP contribution in [0.3, 0.4) is 0 Å². The predicted octanol–water partition coefficient (Wildman–Crippen LogP) is 7.61. The molecule has 1 aromatic carbocycles. The summed E-state index contributed by atoms with van der Waals surface area (Å²) in [4.78, 5) is 0. The second kappa shape index (κ2) is 9.80. The molecule has 2 fully saturated rings. The van der Waals surface area contributed by atoms with Crippen LogP contribution >= 0.6 is 0 Å². The predicted molar refractivity (Wildman–Crippen MR) is 103 cm³/mol. The molecule has 28 heavy (non-hydrogen) atoms. The fraction of sp³-hybridized carbons (Fsp3) is 0.652. The van der Waals surface area contributed by atoms with Crippen molar-refractivity contribution in [3.8, 4) is 5.75 Å². The van der Waals surface area contributed by atoms with E-state index in [1.807, 2.05) is 6.08 Å². The van der Waals surface area contributed by atoms with Gasteiger partial charge in [-0.3, -0.25) is 0 Å². The van der Waals surface area contributed by atoms with Crippen molar-refractivity contribution in [3.63, 3.8) is 0 Å². The van der Waals surface area contributed by atoms with Crippen LogP contribution in [0.2, 0.25) is 0 Å². The molecule has 0 atom stereocenters. The average Bonchev–Trinajstić information content (AvgIpc) is 2.69. The van der Waals surface area contributed by atoms with Crippen LogP contribution in [-0.2, 0) is 0 Å². The van der Waals surface area contributed by atoms with E-state index < -0.39 is 24.0 Å². The zero-order valence-electron chi connectivity index (χ0n) is 16.3. The van der Waals surface area contributed by atoms with E-state index in [2.05, 4.69) is 11.3 Å². The van der Waals surface area contributed by atoms with Gasteiger partial charge in [0, 0.05) is 0 Å². The van der Waals surface area contributed by atoms with E-state index in [9.17, 15) is 17.6 Å². The molecule has 0 saturated heterocycles. The van der Waals surface area contributed by atoms with Crippen LogP contribution in [-0.4, -0.2) is 6.61 Å². The number of ether oxygens (including phenoxy) is 1. The first-order valence-electron chi connectivity index (χ1n) is 10.5. The Hall–Kier alpha value is -1.52. The minimum atomic E-state index is -3.24. The number of rotatable bonds is 7. The van der Waals surface area contributed by atoms with Gasteiger partial charge in [0.05, 0.1) is 0 Å². The first kappa shape index (κ1) is 21.2. The van der Waals surface area contributed by atoms with Gasteiger partial charge in [0.2, 0.25) is 0 Å². The van der Waals surface area contributed by atoms with Crippen LogP contribution in [0, 0.1) is 29.4 Å². The molecule has 1 nitrogen and oxygen atoms in total. The van der Waals surface area contributed by atoms with Gasteiger partial charge in [-0.05, 0) is 92.7 Å². The van der Waals surface area contributed by atoms with Crippen molar-refractivity contribution >= 4 is 0 Å². The normalized spacial score (nSPS) is 28.3. The van der Waals surface area contributed by atoms with Gasteiger partial charge in [-0.15, -0.1) is 6.58 Å². The topological polar surface area (TPSA) is 9.23 Å². The van der Waals surface area contributed by atoms with E-state index in [0.29, 0.717) is 11.5 Å². The summed E-state index contributed by atoms with van der Waals surface area (Å²) in [5, 5.41) is 0. The summed E-state index contributed by atoms with van der Waals surface area (Å²) in [6, 6.07) is 2.33. The Labute approximate surface area is 165 Å². The Morgan fingerprint density at radius 2 is 1.46 bits per heavy atom. The van der Waals surface area contributed by atoms with Crippen LogP contribution in [0.1, 0.15) is 75.7 Å². The molecular weight excluding hydrogens is 368 g/mol. The van der Waals surface area contributed by atoms with E-state index in [-0.39, 0.29) is 5.92 Å². The Morgan fingerprint density at radius 3 is 1.96 bits per heavy atom. The molecule has 5 heteroatoms. The maximum atomic E-state index is 14.0. The van der Waals surface area contributed by atoms with Crippen molar-refractivity contribution in [2.45, 2.75) is 76.7 Å². The molecule has 0 radical (unpaired) electrons. The summed E-state index contributed by atoms with van der Waals surface area (Å²) < 4.78 is 56.5. The molecular formula is C23H30F4O. The number of alkyl halides is 2. The van der Waals surface area contributed by atoms with Crippen molar-refractivity contribution in [1.82, 2.24) is 0 Å². The van der Waals surface area contributed by atoms with Gasteiger partial charge in [-0.1, -0.05) is 18.9 Å².